The first-order chi connectivity index (χ1) is 2.73. The van der Waals surface area contributed by atoms with Gasteiger partial charge in [0.05, 0.1) is 0 Å². The van der Waals surface area contributed by atoms with Gasteiger partial charge in [0, 0.05) is 5.97 Å². The second-order valence-corrected chi connectivity index (χ2v) is 0.492. The van der Waals surface area contributed by atoms with Crippen molar-refractivity contribution in [2.45, 2.75) is 6.92 Å². The third-order valence-electron chi connectivity index (χ3n) is 0. The normalized spacial score (nSPS) is 3.10. The molecule has 0 heterocycles. The van der Waals surface area contributed by atoms with Gasteiger partial charge in [-0.05, 0) is 6.92 Å². The Morgan fingerprint density at radius 3 is 1.20 bits per heavy atom. The van der Waals surface area contributed by atoms with Gasteiger partial charge in [-0.2, -0.15) is 0 Å². The zero-order valence-corrected chi connectivity index (χ0v) is 6.86. The Morgan fingerprint density at radius 2 is 1.20 bits per heavy atom. The first-order valence-corrected chi connectivity index (χ1v) is 1.37. The van der Waals surface area contributed by atoms with E-state index in [2.05, 4.69) is 11.9 Å². The number of carboxylic acid groups (broad SMARTS) is 1. The van der Waals surface area contributed by atoms with Crippen molar-refractivity contribution in [3.63, 3.8) is 0 Å². The molecular formula is C2H7ClLi2O5. The van der Waals surface area contributed by atoms with Crippen LogP contribution in [0.15, 0.2) is 0 Å². The Hall–Kier alpha value is 0.835. The summed E-state index contributed by atoms with van der Waals surface area (Å²) in [6.45, 7) is 0.972. The molecule has 8 heteroatoms. The van der Waals surface area contributed by atoms with Gasteiger partial charge in [0.2, 0.25) is 0 Å². The Kier molecular flexibility index (Phi) is 234. The standard InChI is InChI=1S/C2H4O2.ClO.2Li.2H2O/c1-2(3)4;1-2;;;;/h1H3,(H,3,4);;;;2*1H2/q;-1;2*+1;;/p-1. The second kappa shape index (κ2) is 52.2. The van der Waals surface area contributed by atoms with Crippen LogP contribution in [-0.2, 0) is 4.79 Å². The number of carboxylic acids is 1. The third kappa shape index (κ3) is 778. The van der Waals surface area contributed by atoms with E-state index in [4.69, 9.17) is 14.6 Å². The minimum atomic E-state index is -1.08. The van der Waals surface area contributed by atoms with Crippen LogP contribution < -0.4 is 47.5 Å². The van der Waals surface area contributed by atoms with E-state index in [0.717, 1.165) is 6.92 Å². The number of halogens is 1. The van der Waals surface area contributed by atoms with Crippen molar-refractivity contribution in [1.29, 1.82) is 0 Å². The van der Waals surface area contributed by atoms with E-state index in [0.29, 0.717) is 0 Å². The first kappa shape index (κ1) is 44.8. The van der Waals surface area contributed by atoms with Gasteiger partial charge in [0.1, 0.15) is 0 Å². The van der Waals surface area contributed by atoms with Crippen LogP contribution in [0.5, 0.6) is 0 Å². The topological polar surface area (TPSA) is 126 Å². The molecule has 4 N–H and O–H groups in total. The fraction of sp³-hybridized carbons (Fsp3) is 0.500. The van der Waals surface area contributed by atoms with Gasteiger partial charge in [-0.25, -0.2) is 11.9 Å². The molecule has 0 aromatic carbocycles. The van der Waals surface area contributed by atoms with Crippen molar-refractivity contribution in [2.24, 2.45) is 0 Å². The molecule has 0 aliphatic carbocycles. The van der Waals surface area contributed by atoms with Gasteiger partial charge in [0.15, 0.2) is 0 Å². The van der Waals surface area contributed by atoms with Crippen LogP contribution >= 0.6 is 11.9 Å². The second-order valence-electron chi connectivity index (χ2n) is 0.492. The van der Waals surface area contributed by atoms with Crippen LogP contribution in [0, 0.1) is 0 Å². The van der Waals surface area contributed by atoms with Gasteiger partial charge >= 0.3 is 37.7 Å². The van der Waals surface area contributed by atoms with E-state index in [9.17, 15) is 0 Å². The van der Waals surface area contributed by atoms with Gasteiger partial charge in [-0.15, -0.1) is 0 Å². The maximum absolute atomic E-state index is 8.89. The first-order valence-electron chi connectivity index (χ1n) is 1.06. The molecule has 0 saturated heterocycles. The zero-order valence-electron chi connectivity index (χ0n) is 6.10. The summed E-state index contributed by atoms with van der Waals surface area (Å²) in [5.74, 6) is -1.08. The van der Waals surface area contributed by atoms with Crippen molar-refractivity contribution in [3.05, 3.63) is 0 Å². The molecule has 0 amide bonds. The van der Waals surface area contributed by atoms with Crippen LogP contribution in [0.3, 0.4) is 0 Å². The number of aliphatic carboxylic acids is 1. The van der Waals surface area contributed by atoms with E-state index in [1.54, 1.807) is 0 Å². The van der Waals surface area contributed by atoms with Crippen molar-refractivity contribution >= 4 is 17.8 Å². The summed E-state index contributed by atoms with van der Waals surface area (Å²) in [5, 5.41) is 8.89. The monoisotopic (exact) mass is 160 g/mol. The predicted octanol–water partition coefficient (Wildman–Crippen LogP) is -9.38. The van der Waals surface area contributed by atoms with Crippen LogP contribution in [0.4, 0.5) is 0 Å². The van der Waals surface area contributed by atoms with Crippen molar-refractivity contribution in [3.8, 4) is 0 Å². The van der Waals surface area contributed by atoms with E-state index < -0.39 is 5.97 Å². The van der Waals surface area contributed by atoms with Crippen LogP contribution in [0.1, 0.15) is 6.92 Å². The number of hydrogen-bond acceptors (Lipinski definition) is 3. The van der Waals surface area contributed by atoms with Crippen molar-refractivity contribution in [1.82, 2.24) is 0 Å². The Balaban J connectivity index is -0.00000000625. The molecule has 0 radical (unpaired) electrons. The fourth-order valence-electron chi connectivity index (χ4n) is 0. The van der Waals surface area contributed by atoms with E-state index in [-0.39, 0.29) is 48.7 Å². The average Bonchev–Trinajstić information content (AvgIpc) is 1.41. The number of carbonyl (C=O) groups excluding carboxylic acids is 1. The molecule has 0 aliphatic heterocycles. The largest absolute Gasteiger partial charge is 1.00 e. The van der Waals surface area contributed by atoms with Gasteiger partial charge < -0.3 is 25.5 Å². The summed E-state index contributed by atoms with van der Waals surface area (Å²) in [6.07, 6.45) is 0. The van der Waals surface area contributed by atoms with E-state index in [1.807, 2.05) is 0 Å². The summed E-state index contributed by atoms with van der Waals surface area (Å²) in [4.78, 5) is 8.89. The van der Waals surface area contributed by atoms with E-state index >= 15 is 0 Å². The molecule has 5 nitrogen and oxygen atoms in total. The molecule has 0 atom stereocenters. The molecular weight excluding hydrogens is 153 g/mol. The molecule has 0 unspecified atom stereocenters. The van der Waals surface area contributed by atoms with Crippen molar-refractivity contribution in [2.75, 3.05) is 0 Å². The van der Waals surface area contributed by atoms with Gasteiger partial charge in [-0.3, -0.25) is 0 Å². The maximum Gasteiger partial charge on any atom is 1.00 e. The van der Waals surface area contributed by atoms with E-state index in [1.165, 1.54) is 0 Å². The molecule has 0 bridgehead atoms. The van der Waals surface area contributed by atoms with Gasteiger partial charge in [-0.1, -0.05) is 0 Å². The minimum absolute atomic E-state index is 0. The maximum atomic E-state index is 8.89. The summed E-state index contributed by atoms with van der Waals surface area (Å²) in [6, 6.07) is 0. The molecule has 0 aliphatic rings. The van der Waals surface area contributed by atoms with Crippen LogP contribution in [0.2, 0.25) is 0 Å². The molecule has 0 spiro atoms. The third-order valence-corrected chi connectivity index (χ3v) is 0. The SMILES string of the molecule is CC(=O)[O-].O.O.[Li+].[Li+].[O-]Cl. The Morgan fingerprint density at radius 1 is 1.20 bits per heavy atom. The summed E-state index contributed by atoms with van der Waals surface area (Å²) < 4.78 is 7.72. The Labute approximate surface area is 87.9 Å². The predicted molar refractivity (Wildman–Crippen MR) is 23.8 cm³/mol. The van der Waals surface area contributed by atoms with Gasteiger partial charge in [0.25, 0.3) is 0 Å². The van der Waals surface area contributed by atoms with Crippen LogP contribution in [-0.4, -0.2) is 16.9 Å². The zero-order chi connectivity index (χ0) is 5.58. The number of hydrogen-bond donors (Lipinski definition) is 0. The van der Waals surface area contributed by atoms with Crippen LogP contribution in [0.25, 0.3) is 0 Å². The number of rotatable bonds is 0. The summed E-state index contributed by atoms with van der Waals surface area (Å²) in [7, 11) is 0. The summed E-state index contributed by atoms with van der Waals surface area (Å²) >= 11 is 3.39. The molecule has 0 aromatic rings. The number of carbonyl (C=O) groups is 1. The Bertz CT molecular complexity index is 40.6. The molecule has 0 saturated carbocycles. The minimum Gasteiger partial charge on any atom is -0.769 e. The molecule has 0 fully saturated rings. The summed E-state index contributed by atoms with van der Waals surface area (Å²) in [5.41, 5.74) is 0. The quantitative estimate of drug-likeness (QED) is 0.326. The molecule has 10 heavy (non-hydrogen) atoms. The molecule has 0 rings (SSSR count). The van der Waals surface area contributed by atoms with Crippen molar-refractivity contribution < 1.29 is 63.2 Å². The molecule has 54 valence electrons. The average molecular weight is 160 g/mol. The smallest absolute Gasteiger partial charge is 0.769 e. The fourth-order valence-corrected chi connectivity index (χ4v) is 0. The molecule has 0 aromatic heterocycles.